The van der Waals surface area contributed by atoms with Crippen molar-refractivity contribution in [1.82, 2.24) is 8.61 Å². The minimum absolute atomic E-state index is 0.0431. The fourth-order valence-electron chi connectivity index (χ4n) is 3.28. The van der Waals surface area contributed by atoms with Crippen molar-refractivity contribution in [3.63, 3.8) is 0 Å². The smallest absolute Gasteiger partial charge is 0.282 e. The van der Waals surface area contributed by atoms with Crippen LogP contribution in [0.25, 0.3) is 0 Å². The second-order valence-corrected chi connectivity index (χ2v) is 8.21. The van der Waals surface area contributed by atoms with E-state index in [1.807, 2.05) is 32.0 Å². The van der Waals surface area contributed by atoms with Gasteiger partial charge in [0.05, 0.1) is 12.7 Å². The molecule has 6 heteroatoms. The summed E-state index contributed by atoms with van der Waals surface area (Å²) >= 11 is 0. The molecular weight excluding hydrogens is 300 g/mol. The Morgan fingerprint density at radius 2 is 1.86 bits per heavy atom. The van der Waals surface area contributed by atoms with Crippen LogP contribution in [0, 0.1) is 0 Å². The van der Waals surface area contributed by atoms with Crippen LogP contribution in [-0.4, -0.2) is 55.4 Å². The van der Waals surface area contributed by atoms with Crippen LogP contribution in [0.4, 0.5) is 0 Å². The van der Waals surface area contributed by atoms with Crippen molar-refractivity contribution >= 4 is 10.2 Å². The van der Waals surface area contributed by atoms with E-state index in [0.717, 1.165) is 6.42 Å². The third kappa shape index (κ3) is 3.06. The summed E-state index contributed by atoms with van der Waals surface area (Å²) in [6.45, 7) is 5.91. The van der Waals surface area contributed by atoms with Crippen LogP contribution in [-0.2, 0) is 14.9 Å². The molecule has 0 spiro atoms. The van der Waals surface area contributed by atoms with Gasteiger partial charge in [-0.3, -0.25) is 0 Å². The molecule has 0 N–H and O–H groups in total. The topological polar surface area (TPSA) is 49.9 Å². The molecule has 0 amide bonds. The molecule has 1 aromatic carbocycles. The van der Waals surface area contributed by atoms with Crippen LogP contribution in [0.1, 0.15) is 31.7 Å². The Balaban J connectivity index is 1.74. The average Bonchev–Trinajstić information content (AvgIpc) is 3.01. The van der Waals surface area contributed by atoms with Crippen molar-refractivity contribution in [1.29, 1.82) is 0 Å². The van der Waals surface area contributed by atoms with E-state index in [4.69, 9.17) is 4.74 Å². The number of ether oxygens (including phenoxy) is 1. The van der Waals surface area contributed by atoms with Crippen LogP contribution < -0.4 is 0 Å². The molecule has 22 heavy (non-hydrogen) atoms. The van der Waals surface area contributed by atoms with Crippen molar-refractivity contribution in [3.05, 3.63) is 35.9 Å². The van der Waals surface area contributed by atoms with Gasteiger partial charge >= 0.3 is 0 Å². The summed E-state index contributed by atoms with van der Waals surface area (Å²) in [4.78, 5) is 0. The van der Waals surface area contributed by atoms with Crippen molar-refractivity contribution < 1.29 is 13.2 Å². The van der Waals surface area contributed by atoms with Gasteiger partial charge in [0.15, 0.2) is 0 Å². The SMILES string of the molecule is C[C@@H]1CN(S(=O)(=O)N2CC[C@@H](c3ccccc3)C2)[C@H](C)CO1. The first-order valence-corrected chi connectivity index (χ1v) is 9.31. The minimum atomic E-state index is -3.40. The Bertz CT molecular complexity index is 605. The van der Waals surface area contributed by atoms with E-state index < -0.39 is 10.2 Å². The van der Waals surface area contributed by atoms with E-state index >= 15 is 0 Å². The lowest BCUT2D eigenvalue weighted by Gasteiger charge is -2.37. The van der Waals surface area contributed by atoms with Gasteiger partial charge in [-0.05, 0) is 31.7 Å². The van der Waals surface area contributed by atoms with E-state index in [-0.39, 0.29) is 12.1 Å². The highest BCUT2D eigenvalue weighted by Crippen LogP contribution is 2.30. The highest BCUT2D eigenvalue weighted by Gasteiger charge is 2.40. The van der Waals surface area contributed by atoms with Crippen molar-refractivity contribution in [3.8, 4) is 0 Å². The molecule has 5 nitrogen and oxygen atoms in total. The highest BCUT2D eigenvalue weighted by atomic mass is 32.2. The minimum Gasteiger partial charge on any atom is -0.375 e. The normalized spacial score (nSPS) is 31.5. The zero-order chi connectivity index (χ0) is 15.7. The molecule has 2 aliphatic rings. The van der Waals surface area contributed by atoms with Crippen LogP contribution >= 0.6 is 0 Å². The van der Waals surface area contributed by atoms with Gasteiger partial charge in [-0.15, -0.1) is 0 Å². The van der Waals surface area contributed by atoms with Crippen LogP contribution in [0.3, 0.4) is 0 Å². The standard InChI is InChI=1S/C16H24N2O3S/c1-13-12-21-14(2)10-18(13)22(19,20)17-9-8-16(11-17)15-6-4-3-5-7-15/h3-7,13-14,16H,8-12H2,1-2H3/t13-,14-,16-/m1/s1. The second kappa shape index (κ2) is 6.28. The van der Waals surface area contributed by atoms with Gasteiger partial charge < -0.3 is 4.74 Å². The van der Waals surface area contributed by atoms with Crippen molar-refractivity contribution in [2.45, 2.75) is 38.3 Å². The molecule has 0 radical (unpaired) electrons. The number of nitrogens with zero attached hydrogens (tertiary/aromatic N) is 2. The van der Waals surface area contributed by atoms with Crippen molar-refractivity contribution in [2.75, 3.05) is 26.2 Å². The number of hydrogen-bond donors (Lipinski definition) is 0. The predicted octanol–water partition coefficient (Wildman–Crippen LogP) is 1.83. The highest BCUT2D eigenvalue weighted by molar-refractivity contribution is 7.86. The zero-order valence-electron chi connectivity index (χ0n) is 13.2. The first-order chi connectivity index (χ1) is 10.5. The van der Waals surface area contributed by atoms with E-state index in [2.05, 4.69) is 12.1 Å². The quantitative estimate of drug-likeness (QED) is 0.852. The molecule has 122 valence electrons. The summed E-state index contributed by atoms with van der Waals surface area (Å²) in [5, 5.41) is 0. The first kappa shape index (κ1) is 15.9. The Kier molecular flexibility index (Phi) is 4.54. The molecule has 2 fully saturated rings. The van der Waals surface area contributed by atoms with Gasteiger partial charge in [0.25, 0.3) is 10.2 Å². The van der Waals surface area contributed by atoms with Gasteiger partial charge in [0.2, 0.25) is 0 Å². The number of benzene rings is 1. The van der Waals surface area contributed by atoms with E-state index in [1.54, 1.807) is 8.61 Å². The lowest BCUT2D eigenvalue weighted by Crippen LogP contribution is -2.54. The second-order valence-electron chi connectivity index (χ2n) is 6.32. The molecule has 2 heterocycles. The Hall–Kier alpha value is -0.950. The maximum absolute atomic E-state index is 12.9. The molecular formula is C16H24N2O3S. The molecule has 0 unspecified atom stereocenters. The van der Waals surface area contributed by atoms with Crippen LogP contribution in [0.2, 0.25) is 0 Å². The Morgan fingerprint density at radius 1 is 1.14 bits per heavy atom. The summed E-state index contributed by atoms with van der Waals surface area (Å²) in [7, 11) is -3.40. The van der Waals surface area contributed by atoms with Crippen molar-refractivity contribution in [2.24, 2.45) is 0 Å². The summed E-state index contributed by atoms with van der Waals surface area (Å²) in [6, 6.07) is 10.1. The van der Waals surface area contributed by atoms with E-state index in [1.165, 1.54) is 5.56 Å². The fourth-order valence-corrected chi connectivity index (χ4v) is 5.19. The largest absolute Gasteiger partial charge is 0.375 e. The Labute approximate surface area is 133 Å². The predicted molar refractivity (Wildman–Crippen MR) is 85.9 cm³/mol. The van der Waals surface area contributed by atoms with Gasteiger partial charge in [-0.1, -0.05) is 30.3 Å². The van der Waals surface area contributed by atoms with E-state index in [9.17, 15) is 8.42 Å². The summed E-state index contributed by atoms with van der Waals surface area (Å²) in [5.41, 5.74) is 1.23. The fraction of sp³-hybridized carbons (Fsp3) is 0.625. The first-order valence-electron chi connectivity index (χ1n) is 7.92. The monoisotopic (exact) mass is 324 g/mol. The number of morpholine rings is 1. The lowest BCUT2D eigenvalue weighted by molar-refractivity contribution is -0.0188. The molecule has 3 rings (SSSR count). The molecule has 0 saturated carbocycles. The molecule has 0 aliphatic carbocycles. The van der Waals surface area contributed by atoms with E-state index in [0.29, 0.717) is 32.2 Å². The summed E-state index contributed by atoms with van der Waals surface area (Å²) < 4.78 is 34.6. The third-order valence-electron chi connectivity index (χ3n) is 4.60. The molecule has 2 saturated heterocycles. The van der Waals surface area contributed by atoms with Gasteiger partial charge in [-0.2, -0.15) is 17.0 Å². The van der Waals surface area contributed by atoms with Gasteiger partial charge in [-0.25, -0.2) is 0 Å². The maximum atomic E-state index is 12.9. The average molecular weight is 324 g/mol. The molecule has 3 atom stereocenters. The number of rotatable bonds is 3. The summed E-state index contributed by atoms with van der Waals surface area (Å²) in [5.74, 6) is 0.296. The maximum Gasteiger partial charge on any atom is 0.282 e. The summed E-state index contributed by atoms with van der Waals surface area (Å²) in [6.07, 6.45) is 0.843. The molecule has 1 aromatic rings. The van der Waals surface area contributed by atoms with Gasteiger partial charge in [0, 0.05) is 25.7 Å². The zero-order valence-corrected chi connectivity index (χ0v) is 14.0. The lowest BCUT2D eigenvalue weighted by atomic mass is 9.99. The molecule has 0 aromatic heterocycles. The number of hydrogen-bond acceptors (Lipinski definition) is 3. The Morgan fingerprint density at radius 3 is 2.59 bits per heavy atom. The third-order valence-corrected chi connectivity index (χ3v) is 6.68. The molecule has 2 aliphatic heterocycles. The van der Waals surface area contributed by atoms with Crippen LogP contribution in [0.15, 0.2) is 30.3 Å². The molecule has 0 bridgehead atoms. The van der Waals surface area contributed by atoms with Crippen LogP contribution in [0.5, 0.6) is 0 Å². The van der Waals surface area contributed by atoms with Gasteiger partial charge in [0.1, 0.15) is 0 Å².